The van der Waals surface area contributed by atoms with Crippen molar-refractivity contribution < 1.29 is 0 Å². The fourth-order valence-electron chi connectivity index (χ4n) is 4.50. The Bertz CT molecular complexity index is 1640. The molecule has 0 bridgehead atoms. The second-order valence-electron chi connectivity index (χ2n) is 9.42. The molecule has 3 aromatic carbocycles. The van der Waals surface area contributed by atoms with E-state index in [0.717, 1.165) is 45.5 Å². The van der Waals surface area contributed by atoms with Gasteiger partial charge in [-0.25, -0.2) is 15.0 Å². The molecule has 0 spiro atoms. The molecule has 38 heavy (non-hydrogen) atoms. The van der Waals surface area contributed by atoms with Gasteiger partial charge in [0.15, 0.2) is 17.5 Å². The van der Waals surface area contributed by atoms with E-state index in [1.165, 1.54) is 0 Å². The average molecular weight is 513 g/mol. The predicted octanol–water partition coefficient (Wildman–Crippen LogP) is 8.57. The fourth-order valence-corrected chi connectivity index (χ4v) is 4.73. The highest BCUT2D eigenvalue weighted by molar-refractivity contribution is 6.31. The number of nitrogens with zero attached hydrogens (tertiary/aromatic N) is 4. The van der Waals surface area contributed by atoms with E-state index in [1.54, 1.807) is 6.20 Å². The molecule has 184 valence electrons. The zero-order valence-corrected chi connectivity index (χ0v) is 21.7. The van der Waals surface area contributed by atoms with Crippen LogP contribution in [0, 0.1) is 5.92 Å². The lowest BCUT2D eigenvalue weighted by Crippen LogP contribution is -2.04. The molecule has 0 aliphatic heterocycles. The molecule has 5 aromatic rings. The van der Waals surface area contributed by atoms with Crippen LogP contribution in [0.4, 0.5) is 0 Å². The van der Waals surface area contributed by atoms with E-state index in [4.69, 9.17) is 26.6 Å². The van der Waals surface area contributed by atoms with Crippen molar-refractivity contribution in [2.75, 3.05) is 0 Å². The van der Waals surface area contributed by atoms with Crippen LogP contribution in [0.3, 0.4) is 0 Å². The number of hydrogen-bond acceptors (Lipinski definition) is 4. The number of pyridine rings is 1. The van der Waals surface area contributed by atoms with Gasteiger partial charge in [0.1, 0.15) is 0 Å². The first-order valence-electron chi connectivity index (χ1n) is 12.7. The normalized spacial score (nSPS) is 14.8. The fraction of sp³-hybridized carbons (Fsp3) is 0.0909. The van der Waals surface area contributed by atoms with Crippen molar-refractivity contribution in [3.05, 3.63) is 126 Å². The van der Waals surface area contributed by atoms with Crippen molar-refractivity contribution in [2.45, 2.75) is 13.3 Å². The van der Waals surface area contributed by atoms with Gasteiger partial charge in [-0.2, -0.15) is 0 Å². The minimum absolute atomic E-state index is 0.508. The summed E-state index contributed by atoms with van der Waals surface area (Å²) in [4.78, 5) is 19.1. The average Bonchev–Trinajstić information content (AvgIpc) is 2.98. The van der Waals surface area contributed by atoms with Gasteiger partial charge in [-0.1, -0.05) is 97.4 Å². The van der Waals surface area contributed by atoms with Crippen LogP contribution in [0.5, 0.6) is 0 Å². The molecule has 1 aliphatic carbocycles. The summed E-state index contributed by atoms with van der Waals surface area (Å²) in [5, 5.41) is 0.625. The van der Waals surface area contributed by atoms with Gasteiger partial charge in [-0.15, -0.1) is 0 Å². The number of hydrogen-bond donors (Lipinski definition) is 0. The third kappa shape index (κ3) is 5.17. The van der Waals surface area contributed by atoms with Crippen LogP contribution in [0.1, 0.15) is 19.2 Å². The molecule has 0 amide bonds. The zero-order chi connectivity index (χ0) is 25.9. The molecule has 2 heterocycles. The smallest absolute Gasteiger partial charge is 0.164 e. The molecule has 0 saturated carbocycles. The lowest BCUT2D eigenvalue weighted by Gasteiger charge is -2.13. The number of rotatable bonds is 5. The van der Waals surface area contributed by atoms with Crippen LogP contribution >= 0.6 is 11.6 Å². The van der Waals surface area contributed by atoms with E-state index in [1.807, 2.05) is 60.7 Å². The first kappa shape index (κ1) is 24.0. The molecular weight excluding hydrogens is 488 g/mol. The summed E-state index contributed by atoms with van der Waals surface area (Å²) in [5.74, 6) is 2.40. The summed E-state index contributed by atoms with van der Waals surface area (Å²) < 4.78 is 0. The summed E-state index contributed by atoms with van der Waals surface area (Å²) in [6.45, 7) is 2.20. The third-order valence-corrected chi connectivity index (χ3v) is 6.79. The topological polar surface area (TPSA) is 51.6 Å². The van der Waals surface area contributed by atoms with Crippen LogP contribution < -0.4 is 0 Å². The molecule has 5 heteroatoms. The Morgan fingerprint density at radius 3 is 2.05 bits per heavy atom. The molecule has 1 atom stereocenters. The first-order chi connectivity index (χ1) is 18.6. The van der Waals surface area contributed by atoms with Crippen LogP contribution in [0.25, 0.3) is 50.7 Å². The maximum atomic E-state index is 6.63. The van der Waals surface area contributed by atoms with E-state index in [-0.39, 0.29) is 0 Å². The van der Waals surface area contributed by atoms with Crippen molar-refractivity contribution in [1.29, 1.82) is 0 Å². The molecule has 4 nitrogen and oxygen atoms in total. The second kappa shape index (κ2) is 10.5. The van der Waals surface area contributed by atoms with Crippen molar-refractivity contribution in [3.63, 3.8) is 0 Å². The van der Waals surface area contributed by atoms with Gasteiger partial charge in [-0.05, 0) is 53.8 Å². The van der Waals surface area contributed by atoms with E-state index in [2.05, 4.69) is 60.5 Å². The maximum absolute atomic E-state index is 6.63. The van der Waals surface area contributed by atoms with Gasteiger partial charge in [0.2, 0.25) is 0 Å². The molecule has 2 aromatic heterocycles. The first-order valence-corrected chi connectivity index (χ1v) is 13.0. The van der Waals surface area contributed by atoms with Crippen molar-refractivity contribution in [3.8, 4) is 45.2 Å². The summed E-state index contributed by atoms with van der Waals surface area (Å²) in [6, 6.07) is 30.2. The highest BCUT2D eigenvalue weighted by Crippen LogP contribution is 2.32. The Morgan fingerprint density at radius 2 is 1.34 bits per heavy atom. The monoisotopic (exact) mass is 512 g/mol. The minimum Gasteiger partial charge on any atom is -0.256 e. The van der Waals surface area contributed by atoms with Gasteiger partial charge in [0.25, 0.3) is 0 Å². The standard InChI is InChI=1S/C33H25ClN4/c1-22-10-12-26(13-11-22)32-36-31(25-7-3-2-4-8-25)37-33(38-32)28-19-27(20-29(34)21-28)23-14-16-24(17-15-23)30-9-5-6-18-35-30/h2-10,12-22H,11H2,1H3/t22-/m0/s1. The van der Waals surface area contributed by atoms with Crippen LogP contribution in [0.2, 0.25) is 5.02 Å². The summed E-state index contributed by atoms with van der Waals surface area (Å²) in [7, 11) is 0. The molecule has 1 aliphatic rings. The van der Waals surface area contributed by atoms with E-state index in [0.29, 0.717) is 28.4 Å². The van der Waals surface area contributed by atoms with Crippen molar-refractivity contribution in [1.82, 2.24) is 19.9 Å². The second-order valence-corrected chi connectivity index (χ2v) is 9.86. The highest BCUT2D eigenvalue weighted by Gasteiger charge is 2.16. The molecule has 0 saturated heterocycles. The third-order valence-electron chi connectivity index (χ3n) is 6.57. The molecule has 0 radical (unpaired) electrons. The number of allylic oxidation sites excluding steroid dienone is 4. The Labute approximate surface area is 227 Å². The Hall–Kier alpha value is -4.41. The molecule has 0 N–H and O–H groups in total. The maximum Gasteiger partial charge on any atom is 0.164 e. The van der Waals surface area contributed by atoms with E-state index >= 15 is 0 Å². The molecule has 0 fully saturated rings. The number of aromatic nitrogens is 4. The molecular formula is C33H25ClN4. The van der Waals surface area contributed by atoms with Gasteiger partial charge >= 0.3 is 0 Å². The summed E-state index contributed by atoms with van der Waals surface area (Å²) in [5.41, 5.74) is 6.85. The van der Waals surface area contributed by atoms with Crippen LogP contribution in [-0.2, 0) is 0 Å². The largest absolute Gasteiger partial charge is 0.256 e. The lowest BCUT2D eigenvalue weighted by molar-refractivity contribution is 0.738. The minimum atomic E-state index is 0.508. The van der Waals surface area contributed by atoms with Crippen LogP contribution in [0.15, 0.2) is 115 Å². The van der Waals surface area contributed by atoms with Crippen molar-refractivity contribution in [2.24, 2.45) is 5.92 Å². The van der Waals surface area contributed by atoms with E-state index < -0.39 is 0 Å². The molecule has 0 unspecified atom stereocenters. The Kier molecular flexibility index (Phi) is 6.63. The number of benzene rings is 3. The molecule has 6 rings (SSSR count). The summed E-state index contributed by atoms with van der Waals surface area (Å²) >= 11 is 6.63. The van der Waals surface area contributed by atoms with Gasteiger partial charge in [0.05, 0.1) is 5.69 Å². The predicted molar refractivity (Wildman–Crippen MR) is 155 cm³/mol. The Morgan fingerprint density at radius 1 is 0.658 bits per heavy atom. The lowest BCUT2D eigenvalue weighted by atomic mass is 9.98. The summed E-state index contributed by atoms with van der Waals surface area (Å²) in [6.07, 6.45) is 9.27. The SMILES string of the molecule is C[C@H]1C=CC(c2nc(-c3ccccc3)nc(-c3cc(Cl)cc(-c4ccc(-c5ccccn5)cc4)c3)n2)=CC1. The zero-order valence-electron chi connectivity index (χ0n) is 20.9. The van der Waals surface area contributed by atoms with Gasteiger partial charge < -0.3 is 0 Å². The van der Waals surface area contributed by atoms with E-state index in [9.17, 15) is 0 Å². The van der Waals surface area contributed by atoms with Crippen LogP contribution in [-0.4, -0.2) is 19.9 Å². The Balaban J connectivity index is 1.42. The highest BCUT2D eigenvalue weighted by atomic mass is 35.5. The van der Waals surface area contributed by atoms with Crippen molar-refractivity contribution >= 4 is 17.2 Å². The quantitative estimate of drug-likeness (QED) is 0.236. The van der Waals surface area contributed by atoms with Gasteiger partial charge in [-0.3, -0.25) is 4.98 Å². The van der Waals surface area contributed by atoms with Gasteiger partial charge in [0, 0.05) is 33.5 Å². The number of halogens is 1.